The molecule has 0 radical (unpaired) electrons. The first-order valence-electron chi connectivity index (χ1n) is 10.0. The van der Waals surface area contributed by atoms with Gasteiger partial charge in [0, 0.05) is 12.2 Å². The number of nitrogens with one attached hydrogen (secondary N) is 2. The molecule has 11 heteroatoms. The number of hydrogen-bond donors (Lipinski definition) is 2. The van der Waals surface area contributed by atoms with Gasteiger partial charge in [-0.15, -0.1) is 0 Å². The van der Waals surface area contributed by atoms with E-state index in [9.17, 15) is 13.2 Å². The van der Waals surface area contributed by atoms with Crippen LogP contribution in [0.2, 0.25) is 10.0 Å². The number of aromatic nitrogens is 2. The fraction of sp³-hybridized carbons (Fsp3) is 0.130. The number of fused-ring (bicyclic) bond motifs is 1. The van der Waals surface area contributed by atoms with E-state index in [2.05, 4.69) is 10.3 Å². The van der Waals surface area contributed by atoms with Gasteiger partial charge in [0.1, 0.15) is 6.33 Å². The molecule has 2 amide bonds. The summed E-state index contributed by atoms with van der Waals surface area (Å²) in [5.41, 5.74) is 4.38. The van der Waals surface area contributed by atoms with Gasteiger partial charge in [-0.2, -0.15) is 0 Å². The molecule has 3 aromatic carbocycles. The average Bonchev–Trinajstić information content (AvgIpc) is 3.17. The molecular weight excluding hydrogens is 506 g/mol. The van der Waals surface area contributed by atoms with Gasteiger partial charge in [0.15, 0.2) is 0 Å². The van der Waals surface area contributed by atoms with Crippen molar-refractivity contribution < 1.29 is 13.2 Å². The zero-order chi connectivity index (χ0) is 23.6. The Balaban J connectivity index is 0.00000324. The Labute approximate surface area is 229 Å². The molecule has 0 atom stereocenters. The third-order valence-electron chi connectivity index (χ3n) is 5.06. The van der Waals surface area contributed by atoms with Crippen LogP contribution < -0.4 is 10.0 Å². The van der Waals surface area contributed by atoms with E-state index in [1.165, 1.54) is 12.1 Å². The molecular formula is C23H21Cl2N4NaO3S. The van der Waals surface area contributed by atoms with Crippen LogP contribution in [0.15, 0.2) is 71.9 Å². The first-order chi connectivity index (χ1) is 15.7. The van der Waals surface area contributed by atoms with Gasteiger partial charge in [0.05, 0.1) is 26.0 Å². The summed E-state index contributed by atoms with van der Waals surface area (Å²) in [6, 6.07) is 16.7. The van der Waals surface area contributed by atoms with Crippen LogP contribution in [-0.4, -0.2) is 60.1 Å². The molecule has 0 bridgehead atoms. The molecule has 4 rings (SSSR count). The number of rotatable bonds is 6. The van der Waals surface area contributed by atoms with Gasteiger partial charge in [-0.25, -0.2) is 22.9 Å². The molecule has 0 aliphatic carbocycles. The molecule has 0 unspecified atom stereocenters. The summed E-state index contributed by atoms with van der Waals surface area (Å²) in [6.07, 6.45) is 2.23. The number of halogens is 2. The van der Waals surface area contributed by atoms with Crippen LogP contribution in [0.4, 0.5) is 4.79 Å². The van der Waals surface area contributed by atoms with E-state index in [-0.39, 0.29) is 41.0 Å². The molecule has 34 heavy (non-hydrogen) atoms. The first-order valence-corrected chi connectivity index (χ1v) is 12.3. The van der Waals surface area contributed by atoms with E-state index in [4.69, 9.17) is 23.2 Å². The Morgan fingerprint density at radius 2 is 1.65 bits per heavy atom. The van der Waals surface area contributed by atoms with Crippen molar-refractivity contribution in [2.24, 2.45) is 0 Å². The molecule has 0 saturated heterocycles. The van der Waals surface area contributed by atoms with Gasteiger partial charge < -0.3 is 5.32 Å². The normalized spacial score (nSPS) is 11.1. The van der Waals surface area contributed by atoms with Crippen molar-refractivity contribution in [1.29, 1.82) is 0 Å². The maximum atomic E-state index is 12.3. The monoisotopic (exact) mass is 526 g/mol. The summed E-state index contributed by atoms with van der Waals surface area (Å²) in [5, 5.41) is 3.48. The van der Waals surface area contributed by atoms with Gasteiger partial charge in [0.2, 0.25) is 0 Å². The van der Waals surface area contributed by atoms with Gasteiger partial charge in [-0.3, -0.25) is 4.57 Å². The third kappa shape index (κ3) is 6.13. The molecule has 172 valence electrons. The van der Waals surface area contributed by atoms with E-state index in [0.717, 1.165) is 27.8 Å². The van der Waals surface area contributed by atoms with Gasteiger partial charge in [-0.05, 0) is 55.3 Å². The van der Waals surface area contributed by atoms with Crippen LogP contribution in [0, 0.1) is 6.92 Å². The van der Waals surface area contributed by atoms with Crippen LogP contribution in [0.25, 0.3) is 16.7 Å². The first kappa shape index (κ1) is 26.5. The maximum absolute atomic E-state index is 12.3. The number of urea groups is 1. The van der Waals surface area contributed by atoms with Crippen molar-refractivity contribution in [3.8, 4) is 5.69 Å². The Kier molecular flexibility index (Phi) is 8.67. The summed E-state index contributed by atoms with van der Waals surface area (Å²) in [7, 11) is -3.91. The summed E-state index contributed by atoms with van der Waals surface area (Å²) in [4.78, 5) is 16.4. The molecule has 2 N–H and O–H groups in total. The Morgan fingerprint density at radius 1 is 1.00 bits per heavy atom. The number of carbonyl (C=O) groups is 1. The molecule has 0 aliphatic heterocycles. The Bertz CT molecular complexity index is 1420. The molecule has 7 nitrogen and oxygen atoms in total. The molecule has 0 fully saturated rings. The number of amides is 2. The molecule has 0 spiro atoms. The third-order valence-corrected chi connectivity index (χ3v) is 7.13. The van der Waals surface area contributed by atoms with E-state index < -0.39 is 16.1 Å². The van der Waals surface area contributed by atoms with E-state index >= 15 is 0 Å². The minimum absolute atomic E-state index is 0. The number of aryl methyl sites for hydroxylation is 1. The quantitative estimate of drug-likeness (QED) is 0.368. The zero-order valence-electron chi connectivity index (χ0n) is 17.5. The van der Waals surface area contributed by atoms with Crippen molar-refractivity contribution in [3.63, 3.8) is 0 Å². The topological polar surface area (TPSA) is 93.1 Å². The van der Waals surface area contributed by atoms with Crippen molar-refractivity contribution >= 4 is 79.8 Å². The molecule has 1 heterocycles. The van der Waals surface area contributed by atoms with Crippen LogP contribution in [0.3, 0.4) is 0 Å². The molecule has 4 aromatic rings. The second-order valence-corrected chi connectivity index (χ2v) is 9.96. The van der Waals surface area contributed by atoms with Crippen molar-refractivity contribution in [1.82, 2.24) is 19.6 Å². The van der Waals surface area contributed by atoms with Crippen molar-refractivity contribution in [2.45, 2.75) is 18.2 Å². The molecule has 0 saturated carbocycles. The van der Waals surface area contributed by atoms with Crippen molar-refractivity contribution in [3.05, 3.63) is 88.2 Å². The van der Waals surface area contributed by atoms with Gasteiger partial charge in [0.25, 0.3) is 10.0 Å². The van der Waals surface area contributed by atoms with E-state index in [1.807, 2.05) is 40.5 Å². The fourth-order valence-electron chi connectivity index (χ4n) is 3.29. The number of imidazole rings is 1. The predicted molar refractivity (Wildman–Crippen MR) is 137 cm³/mol. The number of benzene rings is 3. The second kappa shape index (κ2) is 11.1. The fourth-order valence-corrected chi connectivity index (χ4v) is 4.53. The summed E-state index contributed by atoms with van der Waals surface area (Å²) >= 11 is 12.2. The number of hydrogen-bond acceptors (Lipinski definition) is 4. The van der Waals surface area contributed by atoms with Gasteiger partial charge in [-0.1, -0.05) is 53.0 Å². The average molecular weight is 527 g/mol. The molecule has 1 aromatic heterocycles. The number of sulfonamides is 1. The number of nitrogens with zero attached hydrogens (tertiary/aromatic N) is 2. The second-order valence-electron chi connectivity index (χ2n) is 7.46. The predicted octanol–water partition coefficient (Wildman–Crippen LogP) is 4.22. The van der Waals surface area contributed by atoms with E-state index in [1.54, 1.807) is 30.6 Å². The number of carbonyl (C=O) groups excluding carboxylic acids is 1. The van der Waals surface area contributed by atoms with Crippen LogP contribution in [-0.2, 0) is 16.4 Å². The van der Waals surface area contributed by atoms with Crippen LogP contribution in [0.5, 0.6) is 0 Å². The van der Waals surface area contributed by atoms with E-state index in [0.29, 0.717) is 16.5 Å². The summed E-state index contributed by atoms with van der Waals surface area (Å²) in [5.74, 6) is 0. The standard InChI is InChI=1S/C23H20Cl2N4O3S.Na.H/c1-15-2-8-18(9-3-15)33(31,32)28-23(30)26-11-10-16-4-6-17(7-5-16)29-14-27-21-12-19(24)20(25)13-22(21)29;;/h2-9,12-14H,10-11H2,1H3,(H2,26,28,30);;. The van der Waals surface area contributed by atoms with Gasteiger partial charge >= 0.3 is 35.6 Å². The summed E-state index contributed by atoms with van der Waals surface area (Å²) < 4.78 is 28.5. The minimum atomic E-state index is -3.91. The Morgan fingerprint density at radius 3 is 2.32 bits per heavy atom. The zero-order valence-corrected chi connectivity index (χ0v) is 19.9. The van der Waals surface area contributed by atoms with Crippen molar-refractivity contribution in [2.75, 3.05) is 6.54 Å². The SMILES string of the molecule is Cc1ccc(S(=O)(=O)NC(=O)NCCc2ccc(-n3cnc4cc(Cl)c(Cl)cc43)cc2)cc1.[NaH]. The van der Waals surface area contributed by atoms with Crippen LogP contribution >= 0.6 is 23.2 Å². The van der Waals surface area contributed by atoms with Crippen LogP contribution in [0.1, 0.15) is 11.1 Å². The Hall–Kier alpha value is -2.07. The summed E-state index contributed by atoms with van der Waals surface area (Å²) in [6.45, 7) is 2.13. The molecule has 0 aliphatic rings.